The number of likely N-dealkylation sites (N-methyl/N-ethyl adjacent to an activating group) is 1. The molecule has 0 unspecified atom stereocenters. The van der Waals surface area contributed by atoms with Crippen LogP contribution < -0.4 is 0 Å². The second-order valence-electron chi connectivity index (χ2n) is 12.8. The Hall–Kier alpha value is -3.61. The molecular weight excluding hydrogens is 638 g/mol. The third kappa shape index (κ3) is 7.05. The fourth-order valence-corrected chi connectivity index (χ4v) is 6.46. The predicted octanol–water partition coefficient (Wildman–Crippen LogP) is -3.04. The first kappa shape index (κ1) is 35.2. The zero-order valence-electron chi connectivity index (χ0n) is 26.8. The number of piperazine rings is 1. The van der Waals surface area contributed by atoms with Crippen molar-refractivity contribution >= 4 is 27.7 Å². The van der Waals surface area contributed by atoms with E-state index in [1.165, 1.54) is 0 Å². The van der Waals surface area contributed by atoms with Crippen molar-refractivity contribution in [2.45, 2.75) is 67.6 Å². The molecule has 49 heavy (non-hydrogen) atoms. The number of nitrogens with zero attached hydrogens (tertiary/aromatic N) is 3. The van der Waals surface area contributed by atoms with Gasteiger partial charge >= 0.3 is 0 Å². The summed E-state index contributed by atoms with van der Waals surface area (Å²) in [5.74, 6) is 11.4. The Morgan fingerprint density at radius 3 is 1.57 bits per heavy atom. The highest BCUT2D eigenvalue weighted by molar-refractivity contribution is 6.09. The molecule has 0 spiro atoms. The number of ether oxygens (including phenoxy) is 2. The molecule has 3 fully saturated rings. The van der Waals surface area contributed by atoms with Gasteiger partial charge in [-0.1, -0.05) is 35.8 Å². The Kier molecular flexibility index (Phi) is 10.6. The van der Waals surface area contributed by atoms with Crippen LogP contribution in [0.15, 0.2) is 36.4 Å². The number of amides is 1. The van der Waals surface area contributed by atoms with Crippen molar-refractivity contribution in [2.75, 3.05) is 46.4 Å². The Morgan fingerprint density at radius 1 is 0.694 bits per heavy atom. The van der Waals surface area contributed by atoms with Crippen LogP contribution in [-0.4, -0.2) is 169 Å². The maximum Gasteiger partial charge on any atom is 0.242 e. The molecule has 0 radical (unpaired) electrons. The van der Waals surface area contributed by atoms with Gasteiger partial charge in [0.15, 0.2) is 0 Å². The summed E-state index contributed by atoms with van der Waals surface area (Å²) >= 11 is 0. The van der Waals surface area contributed by atoms with E-state index in [0.717, 1.165) is 23.9 Å². The fourth-order valence-electron chi connectivity index (χ4n) is 6.46. The summed E-state index contributed by atoms with van der Waals surface area (Å²) in [4.78, 5) is 17.6. The Morgan fingerprint density at radius 2 is 1.14 bits per heavy atom. The summed E-state index contributed by atoms with van der Waals surface area (Å²) < 4.78 is 12.9. The molecular formula is C35H41N3O11. The molecule has 262 valence electrons. The molecule has 3 saturated heterocycles. The van der Waals surface area contributed by atoms with Crippen LogP contribution in [-0.2, 0) is 20.8 Å². The van der Waals surface area contributed by atoms with Crippen molar-refractivity contribution in [3.8, 4) is 23.7 Å². The van der Waals surface area contributed by atoms with E-state index in [4.69, 9.17) is 9.47 Å². The van der Waals surface area contributed by atoms with Gasteiger partial charge in [-0.3, -0.25) is 4.79 Å². The van der Waals surface area contributed by atoms with Crippen LogP contribution in [0.3, 0.4) is 0 Å². The average molecular weight is 680 g/mol. The Labute approximate surface area is 282 Å². The summed E-state index contributed by atoms with van der Waals surface area (Å²) in [6, 6.07) is 10.9. The number of aliphatic hydroxyl groups is 8. The van der Waals surface area contributed by atoms with Gasteiger partial charge in [0.25, 0.3) is 0 Å². The summed E-state index contributed by atoms with van der Waals surface area (Å²) in [5.41, 5.74) is 2.47. The lowest BCUT2D eigenvalue weighted by atomic mass is 9.95. The Bertz CT molecular complexity index is 1690. The molecule has 3 aliphatic heterocycles. The first-order valence-corrected chi connectivity index (χ1v) is 16.2. The molecule has 3 aliphatic rings. The largest absolute Gasteiger partial charge is 0.394 e. The van der Waals surface area contributed by atoms with E-state index in [0.29, 0.717) is 35.2 Å². The molecule has 0 saturated carbocycles. The highest BCUT2D eigenvalue weighted by Gasteiger charge is 2.43. The lowest BCUT2D eigenvalue weighted by Crippen LogP contribution is -2.58. The molecule has 14 heteroatoms. The molecule has 8 N–H and O–H groups in total. The SMILES string of the molecule is CN1CCN(C(=O)Cn2c3cc(C#C[C@H]4O[C@H](CO)[C@@H](O)[C@H](O)[C@@H]4O)ccc3c3ccc(C#C[C@H]4O[C@H](CO)[C@@H](O)[C@H](O)[C@@H]4O)cc32)CC1. The molecule has 10 atom stereocenters. The topological polar surface area (TPSA) is 209 Å². The van der Waals surface area contributed by atoms with Crippen molar-refractivity contribution in [3.63, 3.8) is 0 Å². The fraction of sp³-hybridized carbons (Fsp3) is 0.514. The van der Waals surface area contributed by atoms with Gasteiger partial charge in [0, 0.05) is 48.1 Å². The van der Waals surface area contributed by atoms with Crippen LogP contribution in [0, 0.1) is 23.7 Å². The van der Waals surface area contributed by atoms with Crippen molar-refractivity contribution in [1.29, 1.82) is 0 Å². The van der Waals surface area contributed by atoms with E-state index in [9.17, 15) is 45.6 Å². The molecule has 1 aromatic heterocycles. The minimum absolute atomic E-state index is 0.0247. The zero-order chi connectivity index (χ0) is 35.0. The van der Waals surface area contributed by atoms with Crippen LogP contribution >= 0.6 is 0 Å². The lowest BCUT2D eigenvalue weighted by Gasteiger charge is -2.37. The lowest BCUT2D eigenvalue weighted by molar-refractivity contribution is -0.214. The molecule has 4 heterocycles. The van der Waals surface area contributed by atoms with E-state index in [1.807, 2.05) is 40.8 Å². The van der Waals surface area contributed by atoms with Crippen molar-refractivity contribution in [3.05, 3.63) is 47.5 Å². The molecule has 1 amide bonds. The van der Waals surface area contributed by atoms with E-state index in [-0.39, 0.29) is 12.5 Å². The van der Waals surface area contributed by atoms with Crippen LogP contribution in [0.2, 0.25) is 0 Å². The zero-order valence-corrected chi connectivity index (χ0v) is 26.8. The third-order valence-electron chi connectivity index (χ3n) is 9.52. The van der Waals surface area contributed by atoms with Crippen LogP contribution in [0.4, 0.5) is 0 Å². The minimum Gasteiger partial charge on any atom is -0.394 e. The van der Waals surface area contributed by atoms with Gasteiger partial charge in [0.05, 0.1) is 24.2 Å². The molecule has 0 bridgehead atoms. The molecule has 2 aromatic carbocycles. The van der Waals surface area contributed by atoms with E-state index >= 15 is 0 Å². The molecule has 0 aliphatic carbocycles. The summed E-state index contributed by atoms with van der Waals surface area (Å²) in [7, 11) is 2.01. The number of rotatable bonds is 4. The second-order valence-corrected chi connectivity index (χ2v) is 12.8. The third-order valence-corrected chi connectivity index (χ3v) is 9.52. The highest BCUT2D eigenvalue weighted by Crippen LogP contribution is 2.31. The molecule has 3 aromatic rings. The van der Waals surface area contributed by atoms with Crippen LogP contribution in [0.5, 0.6) is 0 Å². The summed E-state index contributed by atoms with van der Waals surface area (Å²) in [5, 5.41) is 82.1. The van der Waals surface area contributed by atoms with Gasteiger partial charge in [-0.05, 0) is 31.3 Å². The maximum atomic E-state index is 13.6. The monoisotopic (exact) mass is 679 g/mol. The number of hydrogen-bond acceptors (Lipinski definition) is 12. The van der Waals surface area contributed by atoms with Crippen LogP contribution in [0.1, 0.15) is 11.1 Å². The van der Waals surface area contributed by atoms with Gasteiger partial charge in [-0.2, -0.15) is 0 Å². The van der Waals surface area contributed by atoms with E-state index in [1.54, 1.807) is 12.1 Å². The average Bonchev–Trinajstić information content (AvgIpc) is 3.40. The van der Waals surface area contributed by atoms with Gasteiger partial charge in [0.1, 0.15) is 67.6 Å². The quantitative estimate of drug-likeness (QED) is 0.130. The smallest absolute Gasteiger partial charge is 0.242 e. The van der Waals surface area contributed by atoms with Crippen molar-refractivity contribution < 1.29 is 55.1 Å². The number of fused-ring (bicyclic) bond motifs is 3. The van der Waals surface area contributed by atoms with E-state index < -0.39 is 74.3 Å². The van der Waals surface area contributed by atoms with Gasteiger partial charge < -0.3 is 64.7 Å². The second kappa shape index (κ2) is 14.7. The van der Waals surface area contributed by atoms with Gasteiger partial charge in [0.2, 0.25) is 5.91 Å². The standard InChI is InChI=1S/C35H41N3O11/c1-36-10-12-37(13-11-36)29(41)16-38-23-14-19(4-8-25-30(42)34(46)32(44)27(17-39)48-25)2-6-21(23)22-7-3-20(15-24(22)38)5-9-26-31(43)35(47)33(45)28(18-40)49-26/h2-3,6-7,14-15,25-28,30-35,39-40,42-47H,10-13,16-18H2,1H3/t25-,26-,27-,28-,30-,31-,32-,33-,34-,35-/m1/s1. The normalized spacial score (nSPS) is 32.4. The Balaban J connectivity index is 1.37. The van der Waals surface area contributed by atoms with Crippen molar-refractivity contribution in [1.82, 2.24) is 14.4 Å². The number of aromatic nitrogens is 1. The minimum atomic E-state index is -1.55. The molecule has 14 nitrogen and oxygen atoms in total. The number of aliphatic hydroxyl groups excluding tert-OH is 8. The summed E-state index contributed by atoms with van der Waals surface area (Å²) in [6.45, 7) is 1.60. The van der Waals surface area contributed by atoms with Gasteiger partial charge in [-0.15, -0.1) is 0 Å². The first-order chi connectivity index (χ1) is 23.5. The van der Waals surface area contributed by atoms with Crippen molar-refractivity contribution in [2.24, 2.45) is 0 Å². The number of benzene rings is 2. The predicted molar refractivity (Wildman–Crippen MR) is 175 cm³/mol. The first-order valence-electron chi connectivity index (χ1n) is 16.2. The molecule has 6 rings (SSSR count). The number of carbonyl (C=O) groups excluding carboxylic acids is 1. The summed E-state index contributed by atoms with van der Waals surface area (Å²) in [6.07, 6.45) is -13.6. The van der Waals surface area contributed by atoms with Crippen LogP contribution in [0.25, 0.3) is 21.8 Å². The number of hydrogen-bond donors (Lipinski definition) is 8. The van der Waals surface area contributed by atoms with E-state index in [2.05, 4.69) is 28.6 Å². The highest BCUT2D eigenvalue weighted by atomic mass is 16.5. The maximum absolute atomic E-state index is 13.6. The van der Waals surface area contributed by atoms with Gasteiger partial charge in [-0.25, -0.2) is 0 Å². The number of carbonyl (C=O) groups is 1.